The van der Waals surface area contributed by atoms with Gasteiger partial charge in [-0.15, -0.1) is 0 Å². The molecule has 2 aliphatic heterocycles. The number of carbonyl (C=O) groups is 1. The lowest BCUT2D eigenvalue weighted by molar-refractivity contribution is -0.149. The minimum atomic E-state index is -0.711. The van der Waals surface area contributed by atoms with Crippen LogP contribution in [-0.2, 0) is 16.1 Å². The van der Waals surface area contributed by atoms with Crippen LogP contribution in [0, 0.1) is 11.3 Å². The number of thiophene rings is 1. The van der Waals surface area contributed by atoms with Crippen molar-refractivity contribution in [1.29, 1.82) is 0 Å². The number of carboxylic acid groups (broad SMARTS) is 1. The largest absolute Gasteiger partial charge is 0.481 e. The fourth-order valence-electron chi connectivity index (χ4n) is 2.92. The van der Waals surface area contributed by atoms with Crippen molar-refractivity contribution in [2.45, 2.75) is 6.54 Å². The van der Waals surface area contributed by atoms with Crippen LogP contribution in [0.2, 0.25) is 0 Å². The third kappa shape index (κ3) is 1.91. The zero-order valence-electron chi connectivity index (χ0n) is 9.76. The van der Waals surface area contributed by atoms with Crippen LogP contribution in [0.3, 0.4) is 0 Å². The number of fused-ring (bicyclic) bond motifs is 1. The van der Waals surface area contributed by atoms with Gasteiger partial charge in [-0.25, -0.2) is 0 Å². The van der Waals surface area contributed by atoms with Gasteiger partial charge in [-0.2, -0.15) is 11.3 Å². The first-order valence-electron chi connectivity index (χ1n) is 5.86. The van der Waals surface area contributed by atoms with Crippen molar-refractivity contribution in [3.8, 4) is 0 Å². The van der Waals surface area contributed by atoms with Gasteiger partial charge in [0.25, 0.3) is 0 Å². The standard InChI is InChI=1S/C12H14BrNO3S/c13-10-5-18-4-8(10)1-14-2-9-3-17-7-12(9,6-14)11(15)16/h4-5,9H,1-3,6-7H2,(H,15,16)/t9-,12-/m1/s1. The van der Waals surface area contributed by atoms with E-state index in [0.717, 1.165) is 17.6 Å². The number of likely N-dealkylation sites (tertiary alicyclic amines) is 1. The van der Waals surface area contributed by atoms with Gasteiger partial charge in [-0.05, 0) is 26.9 Å². The number of hydrogen-bond donors (Lipinski definition) is 1. The van der Waals surface area contributed by atoms with Crippen LogP contribution < -0.4 is 0 Å². The van der Waals surface area contributed by atoms with Gasteiger partial charge < -0.3 is 9.84 Å². The highest BCUT2D eigenvalue weighted by Gasteiger charge is 2.56. The Bertz CT molecular complexity index is 478. The molecule has 0 amide bonds. The van der Waals surface area contributed by atoms with Crippen molar-refractivity contribution in [3.63, 3.8) is 0 Å². The second-order valence-corrected chi connectivity index (χ2v) is 6.69. The van der Waals surface area contributed by atoms with E-state index in [1.165, 1.54) is 5.56 Å². The second kappa shape index (κ2) is 4.59. The average Bonchev–Trinajstić information content (AvgIpc) is 2.94. The summed E-state index contributed by atoms with van der Waals surface area (Å²) in [5, 5.41) is 13.6. The third-order valence-corrected chi connectivity index (χ3v) is 5.79. The molecule has 3 heterocycles. The Labute approximate surface area is 118 Å². The van der Waals surface area contributed by atoms with Gasteiger partial charge in [0, 0.05) is 35.4 Å². The molecule has 2 fully saturated rings. The first-order chi connectivity index (χ1) is 8.62. The van der Waals surface area contributed by atoms with E-state index in [9.17, 15) is 9.90 Å². The Morgan fingerprint density at radius 3 is 3.11 bits per heavy atom. The van der Waals surface area contributed by atoms with E-state index < -0.39 is 11.4 Å². The minimum absolute atomic E-state index is 0.132. The van der Waals surface area contributed by atoms with Crippen LogP contribution in [-0.4, -0.2) is 42.3 Å². The quantitative estimate of drug-likeness (QED) is 0.920. The summed E-state index contributed by atoms with van der Waals surface area (Å²) in [5.74, 6) is -0.579. The molecule has 0 radical (unpaired) electrons. The lowest BCUT2D eigenvalue weighted by Crippen LogP contribution is -2.38. The molecule has 2 atom stereocenters. The van der Waals surface area contributed by atoms with E-state index in [1.54, 1.807) is 11.3 Å². The summed E-state index contributed by atoms with van der Waals surface area (Å²) in [6.45, 7) is 3.15. The van der Waals surface area contributed by atoms with Crippen LogP contribution in [0.25, 0.3) is 0 Å². The number of carboxylic acids is 1. The molecule has 0 saturated carbocycles. The third-order valence-electron chi connectivity index (χ3n) is 3.95. The van der Waals surface area contributed by atoms with E-state index in [2.05, 4.69) is 31.6 Å². The molecule has 0 aliphatic carbocycles. The van der Waals surface area contributed by atoms with Gasteiger partial charge in [-0.1, -0.05) is 0 Å². The van der Waals surface area contributed by atoms with E-state index in [1.807, 2.05) is 0 Å². The normalized spacial score (nSPS) is 31.7. The van der Waals surface area contributed by atoms with Gasteiger partial charge in [0.2, 0.25) is 0 Å². The Kier molecular flexibility index (Phi) is 3.21. The molecule has 2 aliphatic rings. The van der Waals surface area contributed by atoms with E-state index >= 15 is 0 Å². The van der Waals surface area contributed by atoms with Crippen molar-refractivity contribution in [2.75, 3.05) is 26.3 Å². The smallest absolute Gasteiger partial charge is 0.313 e. The molecule has 0 aromatic carbocycles. The monoisotopic (exact) mass is 331 g/mol. The molecule has 1 aromatic heterocycles. The van der Waals surface area contributed by atoms with Crippen LogP contribution >= 0.6 is 27.3 Å². The van der Waals surface area contributed by atoms with Gasteiger partial charge in [0.05, 0.1) is 13.2 Å². The van der Waals surface area contributed by atoms with Crippen LogP contribution in [0.1, 0.15) is 5.56 Å². The summed E-state index contributed by atoms with van der Waals surface area (Å²) in [6, 6.07) is 0. The molecule has 0 spiro atoms. The average molecular weight is 332 g/mol. The lowest BCUT2D eigenvalue weighted by atomic mass is 9.81. The fraction of sp³-hybridized carbons (Fsp3) is 0.583. The van der Waals surface area contributed by atoms with Crippen molar-refractivity contribution in [3.05, 3.63) is 20.8 Å². The molecule has 0 unspecified atom stereocenters. The Balaban J connectivity index is 1.75. The lowest BCUT2D eigenvalue weighted by Gasteiger charge is -2.21. The first kappa shape index (κ1) is 12.6. The number of hydrogen-bond acceptors (Lipinski definition) is 4. The van der Waals surface area contributed by atoms with Crippen molar-refractivity contribution < 1.29 is 14.6 Å². The van der Waals surface area contributed by atoms with Crippen LogP contribution in [0.15, 0.2) is 15.2 Å². The number of aliphatic carboxylic acids is 1. The first-order valence-corrected chi connectivity index (χ1v) is 7.59. The number of ether oxygens (including phenoxy) is 1. The summed E-state index contributed by atoms with van der Waals surface area (Å²) in [5.41, 5.74) is 0.559. The number of halogens is 1. The molecule has 4 nitrogen and oxygen atoms in total. The molecule has 1 N–H and O–H groups in total. The van der Waals surface area contributed by atoms with Gasteiger partial charge >= 0.3 is 5.97 Å². The maximum absolute atomic E-state index is 11.5. The van der Waals surface area contributed by atoms with Crippen LogP contribution in [0.4, 0.5) is 0 Å². The molecule has 1 aromatic rings. The maximum atomic E-state index is 11.5. The predicted octanol–water partition coefficient (Wildman–Crippen LogP) is 2.04. The maximum Gasteiger partial charge on any atom is 0.313 e. The highest BCUT2D eigenvalue weighted by atomic mass is 79.9. The minimum Gasteiger partial charge on any atom is -0.481 e. The predicted molar refractivity (Wildman–Crippen MR) is 71.7 cm³/mol. The summed E-state index contributed by atoms with van der Waals surface area (Å²) >= 11 is 5.18. The van der Waals surface area contributed by atoms with E-state index in [4.69, 9.17) is 4.74 Å². The topological polar surface area (TPSA) is 49.8 Å². The molecule has 0 bridgehead atoms. The van der Waals surface area contributed by atoms with Gasteiger partial charge in [-0.3, -0.25) is 9.69 Å². The highest BCUT2D eigenvalue weighted by Crippen LogP contribution is 2.42. The Hall–Kier alpha value is -0.430. The summed E-state index contributed by atoms with van der Waals surface area (Å²) in [7, 11) is 0. The summed E-state index contributed by atoms with van der Waals surface area (Å²) in [4.78, 5) is 13.7. The fourth-order valence-corrected chi connectivity index (χ4v) is 4.34. The van der Waals surface area contributed by atoms with E-state index in [-0.39, 0.29) is 5.92 Å². The van der Waals surface area contributed by atoms with Crippen molar-refractivity contribution >= 4 is 33.2 Å². The summed E-state index contributed by atoms with van der Waals surface area (Å²) in [6.07, 6.45) is 0. The summed E-state index contributed by atoms with van der Waals surface area (Å²) < 4.78 is 6.48. The van der Waals surface area contributed by atoms with Crippen molar-refractivity contribution in [2.24, 2.45) is 11.3 Å². The van der Waals surface area contributed by atoms with Crippen LogP contribution in [0.5, 0.6) is 0 Å². The SMILES string of the molecule is O=C(O)[C@]12COC[C@H]1CN(Cc1cscc1Br)C2. The molecular weight excluding hydrogens is 318 g/mol. The number of nitrogens with zero attached hydrogens (tertiary/aromatic N) is 1. The molecule has 3 rings (SSSR count). The second-order valence-electron chi connectivity index (χ2n) is 5.09. The Morgan fingerprint density at radius 2 is 2.50 bits per heavy atom. The zero-order chi connectivity index (χ0) is 12.8. The molecule has 6 heteroatoms. The Morgan fingerprint density at radius 1 is 1.67 bits per heavy atom. The molecular formula is C12H14BrNO3S. The van der Waals surface area contributed by atoms with E-state index in [0.29, 0.717) is 19.8 Å². The zero-order valence-corrected chi connectivity index (χ0v) is 12.2. The van der Waals surface area contributed by atoms with Gasteiger partial charge in [0.15, 0.2) is 0 Å². The molecule has 2 saturated heterocycles. The molecule has 98 valence electrons. The number of rotatable bonds is 3. The van der Waals surface area contributed by atoms with Crippen molar-refractivity contribution in [1.82, 2.24) is 4.90 Å². The van der Waals surface area contributed by atoms with Gasteiger partial charge in [0.1, 0.15) is 5.41 Å². The molecule has 18 heavy (non-hydrogen) atoms. The highest BCUT2D eigenvalue weighted by molar-refractivity contribution is 9.10.